The van der Waals surface area contributed by atoms with Gasteiger partial charge in [-0.15, -0.1) is 0 Å². The Morgan fingerprint density at radius 1 is 1.03 bits per heavy atom. The second-order valence-corrected chi connectivity index (χ2v) is 9.67. The van der Waals surface area contributed by atoms with Crippen LogP contribution in [0.5, 0.6) is 0 Å². The van der Waals surface area contributed by atoms with E-state index in [1.54, 1.807) is 6.33 Å². The van der Waals surface area contributed by atoms with Gasteiger partial charge < -0.3 is 25.2 Å². The van der Waals surface area contributed by atoms with Gasteiger partial charge in [-0.1, -0.05) is 73.5 Å². The molecule has 36 heavy (non-hydrogen) atoms. The number of benzene rings is 2. The highest BCUT2D eigenvalue weighted by molar-refractivity contribution is 5.98. The molecule has 2 heterocycles. The van der Waals surface area contributed by atoms with Gasteiger partial charge in [-0.2, -0.15) is 0 Å². The third-order valence-electron chi connectivity index (χ3n) is 7.36. The molecule has 8 nitrogen and oxygen atoms in total. The van der Waals surface area contributed by atoms with E-state index >= 15 is 0 Å². The molecule has 2 aromatic carbocycles. The maximum absolute atomic E-state index is 14.1. The van der Waals surface area contributed by atoms with Crippen molar-refractivity contribution in [1.82, 2.24) is 25.1 Å². The molecule has 0 spiro atoms. The molecule has 3 atom stereocenters. The molecule has 3 N–H and O–H groups in total. The first-order chi connectivity index (χ1) is 17.6. The van der Waals surface area contributed by atoms with Crippen LogP contribution in [0.4, 0.5) is 4.79 Å². The Balaban J connectivity index is 1.51. The van der Waals surface area contributed by atoms with Crippen LogP contribution in [0.3, 0.4) is 0 Å². The molecule has 1 aromatic heterocycles. The van der Waals surface area contributed by atoms with Crippen LogP contribution < -0.4 is 10.6 Å². The Kier molecular flexibility index (Phi) is 7.32. The highest BCUT2D eigenvalue weighted by Gasteiger charge is 2.35. The molecule has 188 valence electrons. The number of imidazole rings is 1. The highest BCUT2D eigenvalue weighted by Crippen LogP contribution is 2.35. The van der Waals surface area contributed by atoms with Crippen molar-refractivity contribution in [2.75, 3.05) is 19.6 Å². The van der Waals surface area contributed by atoms with Crippen molar-refractivity contribution in [3.05, 3.63) is 78.2 Å². The fraction of sp³-hybridized carbons (Fsp3) is 0.393. The number of hydrogen-bond donors (Lipinski definition) is 3. The van der Waals surface area contributed by atoms with E-state index in [9.17, 15) is 14.7 Å². The fourth-order valence-corrected chi connectivity index (χ4v) is 5.65. The van der Waals surface area contributed by atoms with Crippen LogP contribution in [0, 0.1) is 0 Å². The number of aromatic nitrogens is 2. The molecule has 3 aromatic rings. The van der Waals surface area contributed by atoms with Crippen molar-refractivity contribution in [2.45, 2.75) is 50.2 Å². The molecule has 2 fully saturated rings. The second kappa shape index (κ2) is 11.0. The molecule has 0 radical (unpaired) electrons. The predicted octanol–water partition coefficient (Wildman–Crippen LogP) is 3.96. The molecule has 2 aliphatic rings. The summed E-state index contributed by atoms with van der Waals surface area (Å²) >= 11 is 0. The van der Waals surface area contributed by atoms with E-state index in [-0.39, 0.29) is 24.0 Å². The lowest BCUT2D eigenvalue weighted by Crippen LogP contribution is -2.54. The van der Waals surface area contributed by atoms with Gasteiger partial charge in [0.15, 0.2) is 5.69 Å². The van der Waals surface area contributed by atoms with E-state index in [2.05, 4.69) is 27.8 Å². The van der Waals surface area contributed by atoms with Crippen LogP contribution in [0.15, 0.2) is 67.0 Å². The van der Waals surface area contributed by atoms with Crippen molar-refractivity contribution >= 4 is 12.0 Å². The molecule has 0 bridgehead atoms. The zero-order chi connectivity index (χ0) is 24.9. The Morgan fingerprint density at radius 3 is 2.50 bits per heavy atom. The minimum atomic E-state index is -1.02. The van der Waals surface area contributed by atoms with E-state index in [1.807, 2.05) is 58.0 Å². The number of carboxylic acid groups (broad SMARTS) is 1. The van der Waals surface area contributed by atoms with Crippen LogP contribution in [0.25, 0.3) is 11.3 Å². The van der Waals surface area contributed by atoms with Crippen molar-refractivity contribution in [3.63, 3.8) is 0 Å². The number of nitrogens with zero attached hydrogens (tertiary/aromatic N) is 3. The van der Waals surface area contributed by atoms with E-state index in [1.165, 1.54) is 5.56 Å². The van der Waals surface area contributed by atoms with Crippen LogP contribution >= 0.6 is 0 Å². The molecular weight excluding hydrogens is 454 g/mol. The van der Waals surface area contributed by atoms with Gasteiger partial charge in [0.2, 0.25) is 0 Å². The van der Waals surface area contributed by atoms with E-state index < -0.39 is 6.09 Å². The molecule has 1 aliphatic carbocycles. The minimum absolute atomic E-state index is 0.0264. The quantitative estimate of drug-likeness (QED) is 0.489. The van der Waals surface area contributed by atoms with Crippen molar-refractivity contribution < 1.29 is 14.7 Å². The maximum atomic E-state index is 14.1. The standard InChI is InChI=1S/C28H33N5O3/c34-27(32-16-15-29-18-22(32)17-20-9-3-1-4-10-20)25-26(21-11-5-2-6-12-21)33(19-30-25)24-14-8-7-13-23(24)31-28(35)36/h1-6,9-12,19,22-24,29,31H,7-8,13-18H2,(H,35,36)/t22-,23-,24-/m1/s1. The van der Waals surface area contributed by atoms with Crippen LogP contribution in [0.2, 0.25) is 0 Å². The third-order valence-corrected chi connectivity index (χ3v) is 7.36. The molecule has 1 aliphatic heterocycles. The summed E-state index contributed by atoms with van der Waals surface area (Å²) in [6.07, 6.45) is 5.07. The molecule has 8 heteroatoms. The summed E-state index contributed by atoms with van der Waals surface area (Å²) in [7, 11) is 0. The molecule has 2 amide bonds. The van der Waals surface area contributed by atoms with Gasteiger partial charge in [-0.05, 0) is 24.8 Å². The van der Waals surface area contributed by atoms with Crippen LogP contribution in [0.1, 0.15) is 47.8 Å². The average molecular weight is 488 g/mol. The van der Waals surface area contributed by atoms with Crippen LogP contribution in [-0.2, 0) is 6.42 Å². The zero-order valence-electron chi connectivity index (χ0n) is 20.3. The van der Waals surface area contributed by atoms with Gasteiger partial charge in [-0.25, -0.2) is 9.78 Å². The summed E-state index contributed by atoms with van der Waals surface area (Å²) in [4.78, 5) is 32.2. The third kappa shape index (κ3) is 5.14. The zero-order valence-corrected chi connectivity index (χ0v) is 20.3. The summed E-state index contributed by atoms with van der Waals surface area (Å²) in [6, 6.07) is 19.8. The largest absolute Gasteiger partial charge is 0.465 e. The predicted molar refractivity (Wildman–Crippen MR) is 138 cm³/mol. The lowest BCUT2D eigenvalue weighted by molar-refractivity contribution is 0.0631. The van der Waals surface area contributed by atoms with Gasteiger partial charge in [0.25, 0.3) is 5.91 Å². The van der Waals surface area contributed by atoms with E-state index in [4.69, 9.17) is 0 Å². The lowest BCUT2D eigenvalue weighted by Gasteiger charge is -2.36. The lowest BCUT2D eigenvalue weighted by atomic mass is 9.89. The van der Waals surface area contributed by atoms with Crippen molar-refractivity contribution in [3.8, 4) is 11.3 Å². The highest BCUT2D eigenvalue weighted by atomic mass is 16.4. The normalized spacial score (nSPS) is 22.2. The number of nitrogens with one attached hydrogen (secondary N) is 2. The molecule has 0 unspecified atom stereocenters. The van der Waals surface area contributed by atoms with Gasteiger partial charge >= 0.3 is 6.09 Å². The fourth-order valence-electron chi connectivity index (χ4n) is 5.65. The number of carbonyl (C=O) groups excluding carboxylic acids is 1. The maximum Gasteiger partial charge on any atom is 0.404 e. The van der Waals surface area contributed by atoms with E-state index in [0.717, 1.165) is 56.5 Å². The monoisotopic (exact) mass is 487 g/mol. The second-order valence-electron chi connectivity index (χ2n) is 9.67. The molecular formula is C28H33N5O3. The number of piperazine rings is 1. The number of rotatable bonds is 6. The summed E-state index contributed by atoms with van der Waals surface area (Å²) < 4.78 is 2.04. The van der Waals surface area contributed by atoms with Gasteiger partial charge in [0.05, 0.1) is 24.1 Å². The summed E-state index contributed by atoms with van der Waals surface area (Å²) in [5.41, 5.74) is 3.30. The summed E-state index contributed by atoms with van der Waals surface area (Å²) in [5, 5.41) is 15.6. The Morgan fingerprint density at radius 2 is 1.75 bits per heavy atom. The first-order valence-corrected chi connectivity index (χ1v) is 12.8. The van der Waals surface area contributed by atoms with Crippen molar-refractivity contribution in [1.29, 1.82) is 0 Å². The summed E-state index contributed by atoms with van der Waals surface area (Å²) in [6.45, 7) is 2.09. The Hall–Kier alpha value is -3.65. The Bertz CT molecular complexity index is 1180. The van der Waals surface area contributed by atoms with Crippen LogP contribution in [-0.4, -0.2) is 63.3 Å². The minimum Gasteiger partial charge on any atom is -0.465 e. The molecule has 1 saturated heterocycles. The first-order valence-electron chi connectivity index (χ1n) is 12.8. The number of carbonyl (C=O) groups is 2. The van der Waals surface area contributed by atoms with Gasteiger partial charge in [0.1, 0.15) is 0 Å². The SMILES string of the molecule is O=C(O)N[C@@H]1CCCC[C@H]1n1cnc(C(=O)N2CCNC[C@H]2Cc2ccccc2)c1-c1ccccc1. The van der Waals surface area contributed by atoms with Crippen molar-refractivity contribution in [2.24, 2.45) is 0 Å². The smallest absolute Gasteiger partial charge is 0.404 e. The number of hydrogen-bond acceptors (Lipinski definition) is 4. The first kappa shape index (κ1) is 24.1. The summed E-state index contributed by atoms with van der Waals surface area (Å²) in [5.74, 6) is -0.0754. The average Bonchev–Trinajstić information content (AvgIpc) is 3.35. The molecule has 1 saturated carbocycles. The van der Waals surface area contributed by atoms with E-state index in [0.29, 0.717) is 12.2 Å². The Labute approximate surface area is 211 Å². The van der Waals surface area contributed by atoms with Gasteiger partial charge in [-0.3, -0.25) is 4.79 Å². The number of amides is 2. The van der Waals surface area contributed by atoms with Gasteiger partial charge in [0, 0.05) is 31.2 Å². The molecule has 5 rings (SSSR count). The topological polar surface area (TPSA) is 99.5 Å².